The number of guanidine groups is 1. The standard InChI is InChI=1S/C15H22N6S/c1-16-15(18-11-12-5-4-10-22-12)17-8-7-14-20-19-13-6-2-3-9-21(13)14/h2-3,6,9,12H,4-5,7-8,10-11H2,1H3,(H2,16,17,18). The minimum atomic E-state index is 0.721. The molecule has 0 spiro atoms. The number of aromatic nitrogens is 3. The Kier molecular flexibility index (Phi) is 5.15. The van der Waals surface area contributed by atoms with E-state index in [2.05, 4.69) is 37.6 Å². The summed E-state index contributed by atoms with van der Waals surface area (Å²) in [4.78, 5) is 4.27. The van der Waals surface area contributed by atoms with E-state index in [1.54, 1.807) is 0 Å². The van der Waals surface area contributed by atoms with Crippen molar-refractivity contribution in [1.29, 1.82) is 0 Å². The lowest BCUT2D eigenvalue weighted by Gasteiger charge is -2.14. The molecular weight excluding hydrogens is 296 g/mol. The number of hydrogen-bond acceptors (Lipinski definition) is 4. The lowest BCUT2D eigenvalue weighted by molar-refractivity contribution is 0.717. The second kappa shape index (κ2) is 7.49. The highest BCUT2D eigenvalue weighted by Gasteiger charge is 2.15. The first-order chi connectivity index (χ1) is 10.9. The molecule has 22 heavy (non-hydrogen) atoms. The van der Waals surface area contributed by atoms with Crippen molar-refractivity contribution < 1.29 is 0 Å². The Balaban J connectivity index is 1.46. The zero-order chi connectivity index (χ0) is 15.2. The Morgan fingerprint density at radius 2 is 2.36 bits per heavy atom. The van der Waals surface area contributed by atoms with Crippen molar-refractivity contribution in [3.63, 3.8) is 0 Å². The molecule has 118 valence electrons. The minimum absolute atomic E-state index is 0.721. The van der Waals surface area contributed by atoms with Crippen LogP contribution in [0.2, 0.25) is 0 Å². The molecule has 6 nitrogen and oxygen atoms in total. The molecule has 2 N–H and O–H groups in total. The highest BCUT2D eigenvalue weighted by molar-refractivity contribution is 8.00. The Morgan fingerprint density at radius 1 is 1.41 bits per heavy atom. The summed E-state index contributed by atoms with van der Waals surface area (Å²) in [6.45, 7) is 1.77. The van der Waals surface area contributed by atoms with Crippen LogP contribution >= 0.6 is 11.8 Å². The summed E-state index contributed by atoms with van der Waals surface area (Å²) in [5, 5.41) is 15.9. The first-order valence-electron chi connectivity index (χ1n) is 7.71. The van der Waals surface area contributed by atoms with E-state index in [1.165, 1.54) is 18.6 Å². The normalized spacial score (nSPS) is 18.8. The second-order valence-corrected chi connectivity index (χ2v) is 6.72. The Bertz CT molecular complexity index is 632. The van der Waals surface area contributed by atoms with Gasteiger partial charge in [-0.05, 0) is 30.7 Å². The van der Waals surface area contributed by atoms with Crippen molar-refractivity contribution in [2.45, 2.75) is 24.5 Å². The van der Waals surface area contributed by atoms with E-state index in [9.17, 15) is 0 Å². The number of hydrogen-bond donors (Lipinski definition) is 2. The molecule has 7 heteroatoms. The van der Waals surface area contributed by atoms with Crippen LogP contribution in [-0.4, -0.2) is 51.7 Å². The van der Waals surface area contributed by atoms with Crippen LogP contribution in [0, 0.1) is 0 Å². The van der Waals surface area contributed by atoms with Gasteiger partial charge < -0.3 is 10.6 Å². The molecule has 1 saturated heterocycles. The lowest BCUT2D eigenvalue weighted by Crippen LogP contribution is -2.41. The quantitative estimate of drug-likeness (QED) is 0.643. The maximum atomic E-state index is 4.27. The summed E-state index contributed by atoms with van der Waals surface area (Å²) in [7, 11) is 1.81. The highest BCUT2D eigenvalue weighted by Crippen LogP contribution is 2.25. The molecule has 0 bridgehead atoms. The van der Waals surface area contributed by atoms with Gasteiger partial charge in [0.25, 0.3) is 0 Å². The van der Waals surface area contributed by atoms with Crippen LogP contribution in [0.1, 0.15) is 18.7 Å². The molecule has 3 rings (SSSR count). The monoisotopic (exact) mass is 318 g/mol. The van der Waals surface area contributed by atoms with Crippen molar-refractivity contribution in [2.24, 2.45) is 4.99 Å². The van der Waals surface area contributed by atoms with Crippen LogP contribution in [0.25, 0.3) is 5.65 Å². The van der Waals surface area contributed by atoms with Gasteiger partial charge in [-0.3, -0.25) is 9.39 Å². The SMILES string of the molecule is CN=C(NCCc1nnc2ccccn12)NCC1CCCS1. The number of nitrogens with one attached hydrogen (secondary N) is 2. The van der Waals surface area contributed by atoms with Crippen LogP contribution in [-0.2, 0) is 6.42 Å². The van der Waals surface area contributed by atoms with Crippen molar-refractivity contribution in [1.82, 2.24) is 25.2 Å². The highest BCUT2D eigenvalue weighted by atomic mass is 32.2. The van der Waals surface area contributed by atoms with Crippen LogP contribution < -0.4 is 10.6 Å². The molecule has 0 aliphatic carbocycles. The predicted molar refractivity (Wildman–Crippen MR) is 91.5 cm³/mol. The molecule has 1 fully saturated rings. The summed E-state index contributed by atoms with van der Waals surface area (Å²) >= 11 is 2.05. The zero-order valence-electron chi connectivity index (χ0n) is 12.8. The van der Waals surface area contributed by atoms with Gasteiger partial charge in [0.15, 0.2) is 11.6 Å². The number of rotatable bonds is 5. The van der Waals surface area contributed by atoms with Gasteiger partial charge in [-0.25, -0.2) is 0 Å². The maximum absolute atomic E-state index is 4.27. The smallest absolute Gasteiger partial charge is 0.191 e. The first-order valence-corrected chi connectivity index (χ1v) is 8.76. The molecule has 2 aromatic heterocycles. The number of nitrogens with zero attached hydrogens (tertiary/aromatic N) is 4. The molecule has 3 heterocycles. The zero-order valence-corrected chi connectivity index (χ0v) is 13.6. The van der Waals surface area contributed by atoms with E-state index < -0.39 is 0 Å². The third kappa shape index (κ3) is 3.71. The van der Waals surface area contributed by atoms with Gasteiger partial charge in [0.05, 0.1) is 0 Å². The van der Waals surface area contributed by atoms with Gasteiger partial charge in [-0.2, -0.15) is 11.8 Å². The van der Waals surface area contributed by atoms with E-state index >= 15 is 0 Å². The van der Waals surface area contributed by atoms with Gasteiger partial charge in [0.2, 0.25) is 0 Å². The fourth-order valence-electron chi connectivity index (χ4n) is 2.59. The minimum Gasteiger partial charge on any atom is -0.356 e. The fourth-order valence-corrected chi connectivity index (χ4v) is 3.79. The van der Waals surface area contributed by atoms with Crippen LogP contribution in [0.5, 0.6) is 0 Å². The van der Waals surface area contributed by atoms with E-state index in [-0.39, 0.29) is 0 Å². The number of pyridine rings is 1. The summed E-state index contributed by atoms with van der Waals surface area (Å²) in [6, 6.07) is 5.93. The first kappa shape index (κ1) is 15.1. The van der Waals surface area contributed by atoms with Gasteiger partial charge >= 0.3 is 0 Å². The van der Waals surface area contributed by atoms with Gasteiger partial charge in [0, 0.05) is 38.0 Å². The molecular formula is C15H22N6S. The van der Waals surface area contributed by atoms with Crippen molar-refractivity contribution in [2.75, 3.05) is 25.9 Å². The average molecular weight is 318 g/mol. The van der Waals surface area contributed by atoms with Crippen molar-refractivity contribution >= 4 is 23.4 Å². The van der Waals surface area contributed by atoms with Gasteiger partial charge in [-0.1, -0.05) is 6.07 Å². The molecule has 1 aliphatic rings. The van der Waals surface area contributed by atoms with E-state index in [1.807, 2.05) is 35.8 Å². The van der Waals surface area contributed by atoms with Crippen LogP contribution in [0.15, 0.2) is 29.4 Å². The molecule has 1 aliphatic heterocycles. The van der Waals surface area contributed by atoms with Crippen molar-refractivity contribution in [3.8, 4) is 0 Å². The van der Waals surface area contributed by atoms with E-state index in [0.717, 1.165) is 42.2 Å². The summed E-state index contributed by atoms with van der Waals surface area (Å²) in [5.74, 6) is 3.12. The summed E-state index contributed by atoms with van der Waals surface area (Å²) in [6.07, 6.45) is 5.45. The Labute approximate surface area is 134 Å². The van der Waals surface area contributed by atoms with Gasteiger partial charge in [0.1, 0.15) is 5.82 Å². The van der Waals surface area contributed by atoms with Crippen LogP contribution in [0.4, 0.5) is 0 Å². The molecule has 0 aromatic carbocycles. The number of thioether (sulfide) groups is 1. The summed E-state index contributed by atoms with van der Waals surface area (Å²) in [5.41, 5.74) is 0.887. The molecule has 0 saturated carbocycles. The Morgan fingerprint density at radius 3 is 3.18 bits per heavy atom. The molecule has 1 unspecified atom stereocenters. The number of aliphatic imine (C=N–C) groups is 1. The molecule has 0 radical (unpaired) electrons. The largest absolute Gasteiger partial charge is 0.356 e. The Hall–Kier alpha value is -1.76. The van der Waals surface area contributed by atoms with E-state index in [0.29, 0.717) is 0 Å². The lowest BCUT2D eigenvalue weighted by atomic mass is 10.2. The molecule has 0 amide bonds. The predicted octanol–water partition coefficient (Wildman–Crippen LogP) is 1.33. The number of fused-ring (bicyclic) bond motifs is 1. The summed E-state index contributed by atoms with van der Waals surface area (Å²) < 4.78 is 2.02. The molecule has 2 aromatic rings. The third-order valence-corrected chi connectivity index (χ3v) is 5.17. The second-order valence-electron chi connectivity index (χ2n) is 5.31. The topological polar surface area (TPSA) is 66.6 Å². The van der Waals surface area contributed by atoms with E-state index in [4.69, 9.17) is 0 Å². The maximum Gasteiger partial charge on any atom is 0.191 e. The average Bonchev–Trinajstić information content (AvgIpc) is 3.20. The molecule has 1 atom stereocenters. The van der Waals surface area contributed by atoms with Gasteiger partial charge in [-0.15, -0.1) is 10.2 Å². The third-order valence-electron chi connectivity index (χ3n) is 3.77. The van der Waals surface area contributed by atoms with Crippen molar-refractivity contribution in [3.05, 3.63) is 30.2 Å². The van der Waals surface area contributed by atoms with Crippen LogP contribution in [0.3, 0.4) is 0 Å². The fraction of sp³-hybridized carbons (Fsp3) is 0.533.